The maximum Gasteiger partial charge on any atom is 0.326 e. The van der Waals surface area contributed by atoms with Crippen molar-refractivity contribution in [3.8, 4) is 0 Å². The standard InChI is InChI=1S/C14H24N2O3/c1-3-11-7-4-9(2)16(11)14(19)15-12(13(17)18)8-10-5-6-10/h9-12H,3-8H2,1-2H3,(H,15,19)(H,17,18). The fraction of sp³-hybridized carbons (Fsp3) is 0.857. The van der Waals surface area contributed by atoms with Crippen LogP contribution in [0.3, 0.4) is 0 Å². The highest BCUT2D eigenvalue weighted by Gasteiger charge is 2.36. The molecule has 0 aromatic heterocycles. The smallest absolute Gasteiger partial charge is 0.326 e. The van der Waals surface area contributed by atoms with Crippen molar-refractivity contribution in [2.45, 2.75) is 70.5 Å². The molecule has 1 saturated heterocycles. The molecule has 1 aliphatic heterocycles. The number of carbonyl (C=O) groups is 2. The summed E-state index contributed by atoms with van der Waals surface area (Å²) in [4.78, 5) is 25.3. The molecule has 0 aromatic rings. The Morgan fingerprint density at radius 2 is 2.00 bits per heavy atom. The Kier molecular flexibility index (Phi) is 4.32. The molecule has 5 nitrogen and oxygen atoms in total. The van der Waals surface area contributed by atoms with Gasteiger partial charge in [-0.25, -0.2) is 9.59 Å². The summed E-state index contributed by atoms with van der Waals surface area (Å²) in [5.74, 6) is -0.431. The van der Waals surface area contributed by atoms with E-state index in [0.717, 1.165) is 32.1 Å². The molecule has 19 heavy (non-hydrogen) atoms. The Morgan fingerprint density at radius 1 is 1.32 bits per heavy atom. The van der Waals surface area contributed by atoms with Gasteiger partial charge in [0.2, 0.25) is 0 Å². The zero-order valence-corrected chi connectivity index (χ0v) is 11.8. The van der Waals surface area contributed by atoms with E-state index in [-0.39, 0.29) is 18.1 Å². The summed E-state index contributed by atoms with van der Waals surface area (Å²) in [5, 5.41) is 11.9. The number of likely N-dealkylation sites (tertiary alicyclic amines) is 1. The number of nitrogens with zero attached hydrogens (tertiary/aromatic N) is 1. The van der Waals surface area contributed by atoms with E-state index in [4.69, 9.17) is 0 Å². The molecule has 2 rings (SSSR count). The molecule has 5 heteroatoms. The van der Waals surface area contributed by atoms with E-state index in [2.05, 4.69) is 12.2 Å². The van der Waals surface area contributed by atoms with Crippen LogP contribution in [-0.4, -0.2) is 40.1 Å². The number of carboxylic acid groups (broad SMARTS) is 1. The van der Waals surface area contributed by atoms with Crippen LogP contribution in [0.5, 0.6) is 0 Å². The fourth-order valence-corrected chi connectivity index (χ4v) is 2.97. The maximum atomic E-state index is 12.3. The fourth-order valence-electron chi connectivity index (χ4n) is 2.97. The van der Waals surface area contributed by atoms with Gasteiger partial charge in [0.25, 0.3) is 0 Å². The first-order valence-corrected chi connectivity index (χ1v) is 7.34. The molecule has 1 heterocycles. The van der Waals surface area contributed by atoms with Gasteiger partial charge in [-0.1, -0.05) is 19.8 Å². The van der Waals surface area contributed by atoms with Crippen molar-refractivity contribution in [3.05, 3.63) is 0 Å². The van der Waals surface area contributed by atoms with Crippen LogP contribution < -0.4 is 5.32 Å². The molecule has 108 valence electrons. The summed E-state index contributed by atoms with van der Waals surface area (Å²) >= 11 is 0. The Labute approximate surface area is 114 Å². The van der Waals surface area contributed by atoms with Gasteiger partial charge < -0.3 is 15.3 Å². The van der Waals surface area contributed by atoms with Crippen LogP contribution in [0.25, 0.3) is 0 Å². The van der Waals surface area contributed by atoms with E-state index in [9.17, 15) is 14.7 Å². The van der Waals surface area contributed by atoms with Gasteiger partial charge in [0.05, 0.1) is 0 Å². The number of carboxylic acids is 1. The number of hydrogen-bond acceptors (Lipinski definition) is 2. The van der Waals surface area contributed by atoms with E-state index in [0.29, 0.717) is 12.3 Å². The SMILES string of the molecule is CCC1CCC(C)N1C(=O)NC(CC1CC1)C(=O)O. The third-order valence-corrected chi connectivity index (χ3v) is 4.35. The molecule has 0 aromatic carbocycles. The van der Waals surface area contributed by atoms with E-state index >= 15 is 0 Å². The average Bonchev–Trinajstić information content (AvgIpc) is 3.09. The third kappa shape index (κ3) is 3.39. The first-order chi connectivity index (χ1) is 9.02. The Bertz CT molecular complexity index is 355. The van der Waals surface area contributed by atoms with E-state index in [1.807, 2.05) is 11.8 Å². The van der Waals surface area contributed by atoms with Gasteiger partial charge in [0, 0.05) is 12.1 Å². The summed E-state index contributed by atoms with van der Waals surface area (Å²) in [7, 11) is 0. The lowest BCUT2D eigenvalue weighted by molar-refractivity contribution is -0.139. The Hall–Kier alpha value is -1.26. The highest BCUT2D eigenvalue weighted by atomic mass is 16.4. The van der Waals surface area contributed by atoms with Crippen LogP contribution in [0.15, 0.2) is 0 Å². The zero-order chi connectivity index (χ0) is 14.0. The molecule has 2 amide bonds. The second-order valence-electron chi connectivity index (χ2n) is 5.92. The van der Waals surface area contributed by atoms with Crippen molar-refractivity contribution in [3.63, 3.8) is 0 Å². The summed E-state index contributed by atoms with van der Waals surface area (Å²) < 4.78 is 0. The Balaban J connectivity index is 1.95. The number of urea groups is 1. The van der Waals surface area contributed by atoms with Crippen molar-refractivity contribution in [2.24, 2.45) is 5.92 Å². The summed E-state index contributed by atoms with van der Waals surface area (Å²) in [6, 6.07) is -0.471. The second kappa shape index (κ2) is 5.80. The number of carbonyl (C=O) groups excluding carboxylic acids is 1. The van der Waals surface area contributed by atoms with Crippen LogP contribution in [0, 0.1) is 5.92 Å². The van der Waals surface area contributed by atoms with Crippen molar-refractivity contribution < 1.29 is 14.7 Å². The maximum absolute atomic E-state index is 12.3. The Morgan fingerprint density at radius 3 is 2.53 bits per heavy atom. The van der Waals surface area contributed by atoms with Crippen LogP contribution in [0.4, 0.5) is 4.79 Å². The summed E-state index contributed by atoms with van der Waals surface area (Å²) in [6.07, 6.45) is 5.71. The highest BCUT2D eigenvalue weighted by molar-refractivity contribution is 5.83. The number of hydrogen-bond donors (Lipinski definition) is 2. The van der Waals surface area contributed by atoms with Gasteiger partial charge >= 0.3 is 12.0 Å². The monoisotopic (exact) mass is 268 g/mol. The first-order valence-electron chi connectivity index (χ1n) is 7.34. The first kappa shape index (κ1) is 14.2. The number of aliphatic carboxylic acids is 1. The summed E-state index contributed by atoms with van der Waals surface area (Å²) in [5.41, 5.74) is 0. The second-order valence-corrected chi connectivity index (χ2v) is 5.92. The van der Waals surface area contributed by atoms with Crippen molar-refractivity contribution in [1.82, 2.24) is 10.2 Å². The molecule has 3 atom stereocenters. The average molecular weight is 268 g/mol. The van der Waals surface area contributed by atoms with Crippen molar-refractivity contribution >= 4 is 12.0 Å². The van der Waals surface area contributed by atoms with Gasteiger partial charge in [-0.15, -0.1) is 0 Å². The molecule has 0 radical (unpaired) electrons. The predicted octanol–water partition coefficient (Wildman–Crippen LogP) is 2.21. The topological polar surface area (TPSA) is 69.6 Å². The molecule has 1 aliphatic carbocycles. The van der Waals surface area contributed by atoms with Crippen molar-refractivity contribution in [1.29, 1.82) is 0 Å². The molecule has 3 unspecified atom stereocenters. The molecule has 1 saturated carbocycles. The quantitative estimate of drug-likeness (QED) is 0.803. The van der Waals surface area contributed by atoms with Crippen LogP contribution in [0.2, 0.25) is 0 Å². The lowest BCUT2D eigenvalue weighted by Crippen LogP contribution is -2.51. The lowest BCUT2D eigenvalue weighted by Gasteiger charge is -2.29. The molecule has 0 spiro atoms. The number of nitrogens with one attached hydrogen (secondary N) is 1. The molecule has 0 bridgehead atoms. The molecule has 2 fully saturated rings. The minimum atomic E-state index is -0.917. The van der Waals surface area contributed by atoms with E-state index < -0.39 is 12.0 Å². The minimum Gasteiger partial charge on any atom is -0.480 e. The van der Waals surface area contributed by atoms with Gasteiger partial charge in [0.15, 0.2) is 0 Å². The number of amides is 2. The van der Waals surface area contributed by atoms with Crippen LogP contribution in [0.1, 0.15) is 52.4 Å². The van der Waals surface area contributed by atoms with Crippen LogP contribution >= 0.6 is 0 Å². The third-order valence-electron chi connectivity index (χ3n) is 4.35. The number of rotatable bonds is 5. The molecule has 2 N–H and O–H groups in total. The largest absolute Gasteiger partial charge is 0.480 e. The van der Waals surface area contributed by atoms with Crippen LogP contribution in [-0.2, 0) is 4.79 Å². The highest BCUT2D eigenvalue weighted by Crippen LogP contribution is 2.34. The van der Waals surface area contributed by atoms with Gasteiger partial charge in [-0.2, -0.15) is 0 Å². The molecular weight excluding hydrogens is 244 g/mol. The van der Waals surface area contributed by atoms with Crippen molar-refractivity contribution in [2.75, 3.05) is 0 Å². The lowest BCUT2D eigenvalue weighted by atomic mass is 10.1. The van der Waals surface area contributed by atoms with Gasteiger partial charge in [-0.05, 0) is 38.5 Å². The predicted molar refractivity (Wildman–Crippen MR) is 71.9 cm³/mol. The van der Waals surface area contributed by atoms with E-state index in [1.54, 1.807) is 0 Å². The van der Waals surface area contributed by atoms with Gasteiger partial charge in [-0.3, -0.25) is 0 Å². The zero-order valence-electron chi connectivity index (χ0n) is 11.8. The van der Waals surface area contributed by atoms with Gasteiger partial charge in [0.1, 0.15) is 6.04 Å². The molecule has 2 aliphatic rings. The summed E-state index contributed by atoms with van der Waals surface area (Å²) in [6.45, 7) is 4.10. The minimum absolute atomic E-state index is 0.204. The normalized spacial score (nSPS) is 28.2. The molecular formula is C14H24N2O3. The van der Waals surface area contributed by atoms with E-state index in [1.165, 1.54) is 0 Å².